The molecule has 0 radical (unpaired) electrons. The highest BCUT2D eigenvalue weighted by atomic mass is 19.4. The Morgan fingerprint density at radius 1 is 1.12 bits per heavy atom. The summed E-state index contributed by atoms with van der Waals surface area (Å²) in [4.78, 5) is 11.4. The first-order chi connectivity index (χ1) is 15.6. The number of fused-ring (bicyclic) bond motifs is 6. The van der Waals surface area contributed by atoms with Crippen molar-refractivity contribution < 1.29 is 27.5 Å². The van der Waals surface area contributed by atoms with Crippen LogP contribution in [0.3, 0.4) is 0 Å². The van der Waals surface area contributed by atoms with Crippen molar-refractivity contribution in [3.63, 3.8) is 0 Å². The number of aromatic nitrogens is 1. The van der Waals surface area contributed by atoms with Gasteiger partial charge in [0, 0.05) is 41.6 Å². The SMILES string of the molecule is Cc1ccc(CCn2c3c(c4cc(F)ccc42)C2CCC(C3)N2C)cc1.O=C(O)C(F)(F)F. The highest BCUT2D eigenvalue weighted by Crippen LogP contribution is 2.46. The van der Waals surface area contributed by atoms with E-state index in [0.717, 1.165) is 24.8 Å². The molecule has 8 heteroatoms. The first-order valence-corrected chi connectivity index (χ1v) is 10.9. The quantitative estimate of drug-likeness (QED) is 0.511. The Kier molecular flexibility index (Phi) is 6.22. The Labute approximate surface area is 189 Å². The van der Waals surface area contributed by atoms with Gasteiger partial charge in [-0.1, -0.05) is 29.8 Å². The summed E-state index contributed by atoms with van der Waals surface area (Å²) in [6, 6.07) is 15.3. The molecule has 1 saturated heterocycles. The second-order valence-corrected chi connectivity index (χ2v) is 8.83. The average molecular weight is 462 g/mol. The van der Waals surface area contributed by atoms with E-state index in [1.165, 1.54) is 40.7 Å². The molecule has 3 aromatic rings. The largest absolute Gasteiger partial charge is 0.490 e. The zero-order chi connectivity index (χ0) is 23.9. The summed E-state index contributed by atoms with van der Waals surface area (Å²) in [6.45, 7) is 3.09. The summed E-state index contributed by atoms with van der Waals surface area (Å²) in [5.41, 5.74) is 6.70. The zero-order valence-corrected chi connectivity index (χ0v) is 18.5. The number of alkyl halides is 3. The molecule has 2 unspecified atom stereocenters. The number of rotatable bonds is 3. The van der Waals surface area contributed by atoms with Crippen molar-refractivity contribution in [3.05, 3.63) is 70.7 Å². The summed E-state index contributed by atoms with van der Waals surface area (Å²) < 4.78 is 48.2. The standard InChI is InChI=1S/C23H25FN2.C2HF3O2/c1-15-3-5-16(6-4-15)11-12-26-20-9-7-17(24)13-19(20)23-21-10-8-18(25(21)2)14-22(23)26;3-2(4,5)1(6)7/h3-7,9,13,18,21H,8,10-12,14H2,1-2H3;(H,6,7). The minimum absolute atomic E-state index is 0.126. The van der Waals surface area contributed by atoms with Gasteiger partial charge in [0.05, 0.1) is 0 Å². The summed E-state index contributed by atoms with van der Waals surface area (Å²) in [6.07, 6.45) is -0.530. The molecule has 5 rings (SSSR count). The van der Waals surface area contributed by atoms with Crippen LogP contribution in [0.25, 0.3) is 10.9 Å². The van der Waals surface area contributed by atoms with Gasteiger partial charge in [0.25, 0.3) is 0 Å². The van der Waals surface area contributed by atoms with Crippen LogP contribution < -0.4 is 0 Å². The van der Waals surface area contributed by atoms with Gasteiger partial charge in [0.15, 0.2) is 0 Å². The Morgan fingerprint density at radius 3 is 2.42 bits per heavy atom. The van der Waals surface area contributed by atoms with Gasteiger partial charge in [-0.3, -0.25) is 4.90 Å². The fourth-order valence-corrected chi connectivity index (χ4v) is 5.08. The predicted molar refractivity (Wildman–Crippen MR) is 118 cm³/mol. The molecule has 1 aromatic heterocycles. The lowest BCUT2D eigenvalue weighted by Gasteiger charge is -2.32. The third-order valence-electron chi connectivity index (χ3n) is 6.77. The molecule has 3 heterocycles. The van der Waals surface area contributed by atoms with Gasteiger partial charge in [-0.2, -0.15) is 13.2 Å². The summed E-state index contributed by atoms with van der Waals surface area (Å²) in [7, 11) is 2.24. The number of halogens is 4. The van der Waals surface area contributed by atoms with Gasteiger partial charge in [-0.15, -0.1) is 0 Å². The molecule has 176 valence electrons. The highest BCUT2D eigenvalue weighted by Gasteiger charge is 2.41. The molecule has 0 spiro atoms. The highest BCUT2D eigenvalue weighted by molar-refractivity contribution is 5.86. The lowest BCUT2D eigenvalue weighted by Crippen LogP contribution is -2.34. The van der Waals surface area contributed by atoms with Gasteiger partial charge in [-0.25, -0.2) is 9.18 Å². The summed E-state index contributed by atoms with van der Waals surface area (Å²) >= 11 is 0. The van der Waals surface area contributed by atoms with Crippen LogP contribution in [0, 0.1) is 12.7 Å². The number of nitrogens with zero attached hydrogens (tertiary/aromatic N) is 2. The molecule has 0 saturated carbocycles. The van der Waals surface area contributed by atoms with Gasteiger partial charge < -0.3 is 9.67 Å². The molecule has 2 atom stereocenters. The minimum atomic E-state index is -5.08. The number of aryl methyl sites for hydroxylation is 3. The number of likely N-dealkylation sites (N-methyl/N-ethyl adjacent to an activating group) is 1. The van der Waals surface area contributed by atoms with Crippen LogP contribution in [0.1, 0.15) is 41.3 Å². The number of carbonyl (C=O) groups is 1. The van der Waals surface area contributed by atoms with Gasteiger partial charge in [-0.05, 0) is 62.6 Å². The normalized spacial score (nSPS) is 19.8. The van der Waals surface area contributed by atoms with E-state index in [4.69, 9.17) is 9.90 Å². The Bertz CT molecular complexity index is 1170. The van der Waals surface area contributed by atoms with Crippen molar-refractivity contribution in [2.45, 2.75) is 57.4 Å². The Morgan fingerprint density at radius 2 is 1.79 bits per heavy atom. The van der Waals surface area contributed by atoms with Crippen LogP contribution in [-0.4, -0.2) is 39.8 Å². The monoisotopic (exact) mass is 462 g/mol. The Balaban J connectivity index is 0.000000325. The molecule has 1 N–H and O–H groups in total. The molecular weight excluding hydrogens is 436 g/mol. The molecule has 2 bridgehead atoms. The van der Waals surface area contributed by atoms with Gasteiger partial charge in [0.2, 0.25) is 0 Å². The smallest absolute Gasteiger partial charge is 0.475 e. The lowest BCUT2D eigenvalue weighted by atomic mass is 9.97. The second kappa shape index (κ2) is 8.82. The van der Waals surface area contributed by atoms with Crippen LogP contribution in [0.4, 0.5) is 17.6 Å². The summed E-state index contributed by atoms with van der Waals surface area (Å²) in [5.74, 6) is -2.88. The number of hydrogen-bond donors (Lipinski definition) is 1. The molecule has 2 aliphatic heterocycles. The molecule has 2 aromatic carbocycles. The van der Waals surface area contributed by atoms with E-state index in [-0.39, 0.29) is 5.82 Å². The topological polar surface area (TPSA) is 45.5 Å². The number of hydrogen-bond acceptors (Lipinski definition) is 2. The van der Waals surface area contributed by atoms with Crippen LogP contribution in [0.5, 0.6) is 0 Å². The first kappa shape index (κ1) is 23.3. The molecule has 0 aliphatic carbocycles. The van der Waals surface area contributed by atoms with Crippen molar-refractivity contribution in [1.29, 1.82) is 0 Å². The van der Waals surface area contributed by atoms with Crippen molar-refractivity contribution in [2.24, 2.45) is 0 Å². The molecule has 1 fully saturated rings. The number of benzene rings is 2. The maximum absolute atomic E-state index is 14.0. The lowest BCUT2D eigenvalue weighted by molar-refractivity contribution is -0.192. The fraction of sp³-hybridized carbons (Fsp3) is 0.400. The number of carboxylic acid groups (broad SMARTS) is 1. The van der Waals surface area contributed by atoms with Gasteiger partial charge >= 0.3 is 12.1 Å². The van der Waals surface area contributed by atoms with Crippen molar-refractivity contribution in [2.75, 3.05) is 7.05 Å². The molecule has 4 nitrogen and oxygen atoms in total. The van der Waals surface area contributed by atoms with Crippen molar-refractivity contribution >= 4 is 16.9 Å². The third kappa shape index (κ3) is 4.62. The maximum atomic E-state index is 14.0. The third-order valence-corrected chi connectivity index (χ3v) is 6.77. The molecule has 0 amide bonds. The van der Waals surface area contributed by atoms with Crippen LogP contribution in [0.15, 0.2) is 42.5 Å². The number of carboxylic acids is 1. The average Bonchev–Trinajstić information content (AvgIpc) is 3.16. The summed E-state index contributed by atoms with van der Waals surface area (Å²) in [5, 5.41) is 8.25. The maximum Gasteiger partial charge on any atom is 0.490 e. The fourth-order valence-electron chi connectivity index (χ4n) is 5.08. The molecule has 2 aliphatic rings. The second-order valence-electron chi connectivity index (χ2n) is 8.83. The number of aliphatic carboxylic acids is 1. The van der Waals surface area contributed by atoms with Gasteiger partial charge in [0.1, 0.15) is 5.82 Å². The van der Waals surface area contributed by atoms with Crippen molar-refractivity contribution in [1.82, 2.24) is 9.47 Å². The minimum Gasteiger partial charge on any atom is -0.475 e. The van der Waals surface area contributed by atoms with E-state index in [9.17, 15) is 17.6 Å². The van der Waals surface area contributed by atoms with E-state index in [1.54, 1.807) is 12.1 Å². The first-order valence-electron chi connectivity index (χ1n) is 10.9. The van der Waals surface area contributed by atoms with Crippen LogP contribution in [-0.2, 0) is 24.2 Å². The van der Waals surface area contributed by atoms with Crippen LogP contribution in [0.2, 0.25) is 0 Å². The van der Waals surface area contributed by atoms with Crippen LogP contribution >= 0.6 is 0 Å². The molecular formula is C25H26F4N2O2. The van der Waals surface area contributed by atoms with E-state index in [0.29, 0.717) is 12.1 Å². The predicted octanol–water partition coefficient (Wildman–Crippen LogP) is 5.66. The Hall–Kier alpha value is -2.87. The zero-order valence-electron chi connectivity index (χ0n) is 18.5. The van der Waals surface area contributed by atoms with Crippen molar-refractivity contribution in [3.8, 4) is 0 Å². The van der Waals surface area contributed by atoms with E-state index >= 15 is 0 Å². The van der Waals surface area contributed by atoms with E-state index in [1.807, 2.05) is 6.07 Å². The molecule has 33 heavy (non-hydrogen) atoms. The van der Waals surface area contributed by atoms with E-state index in [2.05, 4.69) is 47.7 Å². The van der Waals surface area contributed by atoms with E-state index < -0.39 is 12.1 Å².